The zero-order valence-electron chi connectivity index (χ0n) is 7.29. The van der Waals surface area contributed by atoms with Gasteiger partial charge in [-0.15, -0.1) is 0 Å². The molecule has 2 aromatic heterocycles. The molecule has 14 heavy (non-hydrogen) atoms. The maximum absolute atomic E-state index is 11.1. The molecule has 5 nitrogen and oxygen atoms in total. The summed E-state index contributed by atoms with van der Waals surface area (Å²) >= 11 is 0. The van der Waals surface area contributed by atoms with Crippen molar-refractivity contribution in [2.45, 2.75) is 0 Å². The van der Waals surface area contributed by atoms with Crippen LogP contribution >= 0.6 is 0 Å². The van der Waals surface area contributed by atoms with Gasteiger partial charge in [-0.25, -0.2) is 4.68 Å². The van der Waals surface area contributed by atoms with Crippen LogP contribution in [-0.2, 0) is 0 Å². The molecule has 70 valence electrons. The topological polar surface area (TPSA) is 73.8 Å². The molecule has 2 rings (SSSR count). The Kier molecular flexibility index (Phi) is 1.98. The first-order valence-electron chi connectivity index (χ1n) is 4.03. The van der Waals surface area contributed by atoms with E-state index in [9.17, 15) is 4.79 Å². The number of hydrogen-bond acceptors (Lipinski definition) is 3. The molecule has 2 heterocycles. The van der Waals surface area contributed by atoms with Crippen LogP contribution in [0.4, 0.5) is 0 Å². The van der Waals surface area contributed by atoms with E-state index in [1.165, 1.54) is 6.20 Å². The fourth-order valence-electron chi connectivity index (χ4n) is 1.19. The van der Waals surface area contributed by atoms with E-state index in [2.05, 4.69) is 10.1 Å². The molecule has 0 radical (unpaired) electrons. The van der Waals surface area contributed by atoms with Gasteiger partial charge in [-0.05, 0) is 12.1 Å². The maximum Gasteiger partial charge on any atom is 0.252 e. The Hall–Kier alpha value is -2.17. The number of rotatable bonds is 2. The summed E-state index contributed by atoms with van der Waals surface area (Å²) in [6, 6.07) is 3.46. The third-order valence-electron chi connectivity index (χ3n) is 1.81. The van der Waals surface area contributed by atoms with Gasteiger partial charge in [0.15, 0.2) is 0 Å². The number of carbonyl (C=O) groups is 1. The molecule has 0 aliphatic heterocycles. The Morgan fingerprint density at radius 2 is 2.29 bits per heavy atom. The normalized spacial score (nSPS) is 10.0. The van der Waals surface area contributed by atoms with E-state index in [1.54, 1.807) is 35.4 Å². The van der Waals surface area contributed by atoms with E-state index in [1.807, 2.05) is 0 Å². The Balaban J connectivity index is 2.58. The lowest BCUT2D eigenvalue weighted by Gasteiger charge is -2.04. The van der Waals surface area contributed by atoms with Crippen LogP contribution < -0.4 is 5.73 Å². The van der Waals surface area contributed by atoms with Crippen LogP contribution in [0.15, 0.2) is 36.9 Å². The first kappa shape index (κ1) is 8.43. The van der Waals surface area contributed by atoms with E-state index in [0.29, 0.717) is 11.3 Å². The monoisotopic (exact) mass is 188 g/mol. The summed E-state index contributed by atoms with van der Waals surface area (Å²) in [6.07, 6.45) is 6.38. The van der Waals surface area contributed by atoms with Crippen LogP contribution in [0, 0.1) is 0 Å². The predicted octanol–water partition coefficient (Wildman–Crippen LogP) is 0.366. The lowest BCUT2D eigenvalue weighted by atomic mass is 10.2. The fraction of sp³-hybridized carbons (Fsp3) is 0. The van der Waals surface area contributed by atoms with Crippen molar-refractivity contribution in [2.24, 2.45) is 5.73 Å². The number of aromatic nitrogens is 3. The van der Waals surface area contributed by atoms with Crippen molar-refractivity contribution in [2.75, 3.05) is 0 Å². The van der Waals surface area contributed by atoms with Gasteiger partial charge < -0.3 is 5.73 Å². The average Bonchev–Trinajstić information content (AvgIpc) is 2.70. The molecule has 0 aromatic carbocycles. The lowest BCUT2D eigenvalue weighted by molar-refractivity contribution is 0.1000. The van der Waals surface area contributed by atoms with Gasteiger partial charge in [0.1, 0.15) is 0 Å². The number of hydrogen-bond donors (Lipinski definition) is 1. The SMILES string of the molecule is NC(=O)c1cnccc1-n1cccn1. The molecule has 0 fully saturated rings. The van der Waals surface area contributed by atoms with Crippen molar-refractivity contribution in [3.05, 3.63) is 42.5 Å². The smallest absolute Gasteiger partial charge is 0.252 e. The minimum atomic E-state index is -0.511. The molecule has 5 heteroatoms. The van der Waals surface area contributed by atoms with E-state index in [0.717, 1.165) is 0 Å². The predicted molar refractivity (Wildman–Crippen MR) is 49.9 cm³/mol. The Bertz CT molecular complexity index is 450. The molecule has 0 spiro atoms. The van der Waals surface area contributed by atoms with E-state index >= 15 is 0 Å². The van der Waals surface area contributed by atoms with Crippen molar-refractivity contribution in [1.29, 1.82) is 0 Å². The fourth-order valence-corrected chi connectivity index (χ4v) is 1.19. The number of primary amides is 1. The summed E-state index contributed by atoms with van der Waals surface area (Å²) < 4.78 is 1.57. The summed E-state index contributed by atoms with van der Waals surface area (Å²) in [5.74, 6) is -0.511. The summed E-state index contributed by atoms with van der Waals surface area (Å²) in [7, 11) is 0. The Morgan fingerprint density at radius 3 is 2.93 bits per heavy atom. The second-order valence-corrected chi connectivity index (χ2v) is 2.71. The minimum absolute atomic E-state index is 0.358. The molecular formula is C9H8N4O. The molecule has 1 amide bonds. The number of pyridine rings is 1. The van der Waals surface area contributed by atoms with Crippen LogP contribution in [0.5, 0.6) is 0 Å². The Morgan fingerprint density at radius 1 is 1.43 bits per heavy atom. The molecule has 0 bridgehead atoms. The molecule has 0 atom stereocenters. The molecule has 2 aromatic rings. The molecule has 2 N–H and O–H groups in total. The van der Waals surface area contributed by atoms with Gasteiger partial charge in [0, 0.05) is 24.8 Å². The summed E-state index contributed by atoms with van der Waals surface area (Å²) in [5, 5.41) is 4.01. The first-order chi connectivity index (χ1) is 6.79. The third-order valence-corrected chi connectivity index (χ3v) is 1.81. The molecule has 0 saturated carbocycles. The number of amides is 1. The first-order valence-corrected chi connectivity index (χ1v) is 4.03. The lowest BCUT2D eigenvalue weighted by Crippen LogP contribution is -2.15. The van der Waals surface area contributed by atoms with Crippen LogP contribution in [0.3, 0.4) is 0 Å². The number of nitrogens with two attached hydrogens (primary N) is 1. The minimum Gasteiger partial charge on any atom is -0.365 e. The van der Waals surface area contributed by atoms with Gasteiger partial charge >= 0.3 is 0 Å². The highest BCUT2D eigenvalue weighted by Gasteiger charge is 2.08. The van der Waals surface area contributed by atoms with Gasteiger partial charge in [0.25, 0.3) is 5.91 Å². The van der Waals surface area contributed by atoms with Crippen LogP contribution in [0.25, 0.3) is 5.69 Å². The van der Waals surface area contributed by atoms with Crippen molar-refractivity contribution in [3.63, 3.8) is 0 Å². The second-order valence-electron chi connectivity index (χ2n) is 2.71. The van der Waals surface area contributed by atoms with Gasteiger partial charge in [-0.1, -0.05) is 0 Å². The highest BCUT2D eigenvalue weighted by Crippen LogP contribution is 2.10. The van der Waals surface area contributed by atoms with Crippen LogP contribution in [0.1, 0.15) is 10.4 Å². The average molecular weight is 188 g/mol. The largest absolute Gasteiger partial charge is 0.365 e. The molecule has 0 unspecified atom stereocenters. The number of nitrogens with zero attached hydrogens (tertiary/aromatic N) is 3. The second kappa shape index (κ2) is 3.29. The molecular weight excluding hydrogens is 180 g/mol. The van der Waals surface area contributed by atoms with Crippen LogP contribution in [-0.4, -0.2) is 20.7 Å². The zero-order chi connectivity index (χ0) is 9.97. The van der Waals surface area contributed by atoms with Gasteiger partial charge in [-0.3, -0.25) is 9.78 Å². The molecule has 0 aliphatic carbocycles. The van der Waals surface area contributed by atoms with Crippen LogP contribution in [0.2, 0.25) is 0 Å². The van der Waals surface area contributed by atoms with Gasteiger partial charge in [0.05, 0.1) is 11.3 Å². The van der Waals surface area contributed by atoms with Crippen molar-refractivity contribution in [1.82, 2.24) is 14.8 Å². The van der Waals surface area contributed by atoms with Crippen molar-refractivity contribution in [3.8, 4) is 5.69 Å². The number of carbonyl (C=O) groups excluding carboxylic acids is 1. The summed E-state index contributed by atoms with van der Waals surface area (Å²) in [5.41, 5.74) is 6.19. The molecule has 0 saturated heterocycles. The standard InChI is InChI=1S/C9H8N4O/c10-9(14)7-6-11-4-2-8(7)13-5-1-3-12-13/h1-6H,(H2,10,14). The van der Waals surface area contributed by atoms with Crippen molar-refractivity contribution < 1.29 is 4.79 Å². The third kappa shape index (κ3) is 1.35. The van der Waals surface area contributed by atoms with Crippen molar-refractivity contribution >= 4 is 5.91 Å². The maximum atomic E-state index is 11.1. The highest BCUT2D eigenvalue weighted by atomic mass is 16.1. The van der Waals surface area contributed by atoms with Gasteiger partial charge in [-0.2, -0.15) is 5.10 Å². The summed E-state index contributed by atoms with van der Waals surface area (Å²) in [6.45, 7) is 0. The van der Waals surface area contributed by atoms with E-state index in [-0.39, 0.29) is 0 Å². The van der Waals surface area contributed by atoms with E-state index < -0.39 is 5.91 Å². The van der Waals surface area contributed by atoms with E-state index in [4.69, 9.17) is 5.73 Å². The Labute approximate surface area is 80.2 Å². The summed E-state index contributed by atoms with van der Waals surface area (Å²) in [4.78, 5) is 14.9. The highest BCUT2D eigenvalue weighted by molar-refractivity contribution is 5.96. The quantitative estimate of drug-likeness (QED) is 0.739. The zero-order valence-corrected chi connectivity index (χ0v) is 7.29. The molecule has 0 aliphatic rings. The van der Waals surface area contributed by atoms with Gasteiger partial charge in [0.2, 0.25) is 0 Å².